The molecule has 0 aliphatic carbocycles. The van der Waals surface area contributed by atoms with Gasteiger partial charge in [0, 0.05) is 25.2 Å². The molecule has 2 aromatic rings. The number of carbonyl (C=O) groups is 2. The standard InChI is InChI=1S/C13H12N4O3S/c1-17(2)12(18)9-3-4-11(16-15-9)21-8-5-6-14-10(7-8)13(19)20/h3-7H,1-2H3,(H,19,20). The van der Waals surface area contributed by atoms with Gasteiger partial charge < -0.3 is 10.0 Å². The van der Waals surface area contributed by atoms with E-state index in [4.69, 9.17) is 5.11 Å². The number of hydrogen-bond donors (Lipinski definition) is 1. The first-order valence-electron chi connectivity index (χ1n) is 5.90. The summed E-state index contributed by atoms with van der Waals surface area (Å²) in [7, 11) is 3.27. The van der Waals surface area contributed by atoms with Gasteiger partial charge in [-0.15, -0.1) is 10.2 Å². The highest BCUT2D eigenvalue weighted by Crippen LogP contribution is 2.25. The van der Waals surface area contributed by atoms with Gasteiger partial charge in [0.25, 0.3) is 5.91 Å². The highest BCUT2D eigenvalue weighted by molar-refractivity contribution is 7.99. The third kappa shape index (κ3) is 3.76. The third-order valence-corrected chi connectivity index (χ3v) is 3.35. The van der Waals surface area contributed by atoms with E-state index in [-0.39, 0.29) is 17.3 Å². The lowest BCUT2D eigenvalue weighted by molar-refractivity contribution is 0.0689. The second-order valence-corrected chi connectivity index (χ2v) is 5.33. The summed E-state index contributed by atoms with van der Waals surface area (Å²) in [6, 6.07) is 6.37. The monoisotopic (exact) mass is 304 g/mol. The molecule has 0 saturated heterocycles. The van der Waals surface area contributed by atoms with Crippen LogP contribution in [0.15, 0.2) is 40.4 Å². The van der Waals surface area contributed by atoms with Crippen LogP contribution in [0.3, 0.4) is 0 Å². The zero-order valence-corrected chi connectivity index (χ0v) is 12.2. The van der Waals surface area contributed by atoms with Gasteiger partial charge in [0.1, 0.15) is 10.7 Å². The van der Waals surface area contributed by atoms with Crippen LogP contribution in [-0.2, 0) is 0 Å². The second-order valence-electron chi connectivity index (χ2n) is 4.24. The molecule has 0 aromatic carbocycles. The average Bonchev–Trinajstić information content (AvgIpc) is 2.47. The van der Waals surface area contributed by atoms with Crippen molar-refractivity contribution in [2.45, 2.75) is 9.92 Å². The summed E-state index contributed by atoms with van der Waals surface area (Å²) in [6.45, 7) is 0. The van der Waals surface area contributed by atoms with Crippen molar-refractivity contribution in [2.75, 3.05) is 14.1 Å². The van der Waals surface area contributed by atoms with Gasteiger partial charge in [-0.25, -0.2) is 9.78 Å². The van der Waals surface area contributed by atoms with E-state index in [1.54, 1.807) is 32.3 Å². The molecular formula is C13H12N4O3S. The summed E-state index contributed by atoms with van der Waals surface area (Å²) in [6.07, 6.45) is 1.42. The van der Waals surface area contributed by atoms with Crippen LogP contribution >= 0.6 is 11.8 Å². The Morgan fingerprint density at radius 1 is 1.14 bits per heavy atom. The van der Waals surface area contributed by atoms with Gasteiger partial charge in [-0.1, -0.05) is 11.8 Å². The molecule has 0 aliphatic heterocycles. The normalized spacial score (nSPS) is 10.2. The van der Waals surface area contributed by atoms with Crippen molar-refractivity contribution < 1.29 is 14.7 Å². The number of pyridine rings is 1. The third-order valence-electron chi connectivity index (χ3n) is 2.44. The molecule has 0 aliphatic rings. The van der Waals surface area contributed by atoms with E-state index < -0.39 is 5.97 Å². The molecule has 0 radical (unpaired) electrons. The molecule has 108 valence electrons. The summed E-state index contributed by atoms with van der Waals surface area (Å²) < 4.78 is 0. The van der Waals surface area contributed by atoms with Gasteiger partial charge in [0.2, 0.25) is 0 Å². The van der Waals surface area contributed by atoms with Crippen LogP contribution in [0.5, 0.6) is 0 Å². The zero-order chi connectivity index (χ0) is 15.4. The first kappa shape index (κ1) is 14.9. The van der Waals surface area contributed by atoms with Crippen LogP contribution in [0.2, 0.25) is 0 Å². The molecule has 0 unspecified atom stereocenters. The minimum atomic E-state index is -1.09. The molecule has 0 fully saturated rings. The Balaban J connectivity index is 2.15. The van der Waals surface area contributed by atoms with Crippen LogP contribution in [0, 0.1) is 0 Å². The number of hydrogen-bond acceptors (Lipinski definition) is 6. The molecule has 1 amide bonds. The maximum atomic E-state index is 11.7. The van der Waals surface area contributed by atoms with Gasteiger partial charge in [-0.3, -0.25) is 4.79 Å². The van der Waals surface area contributed by atoms with E-state index in [0.717, 1.165) is 0 Å². The van der Waals surface area contributed by atoms with Crippen molar-refractivity contribution in [3.63, 3.8) is 0 Å². The first-order valence-corrected chi connectivity index (χ1v) is 6.71. The number of rotatable bonds is 4. The van der Waals surface area contributed by atoms with E-state index in [9.17, 15) is 9.59 Å². The van der Waals surface area contributed by atoms with Gasteiger partial charge in [-0.2, -0.15) is 0 Å². The highest BCUT2D eigenvalue weighted by Gasteiger charge is 2.11. The summed E-state index contributed by atoms with van der Waals surface area (Å²) in [5.41, 5.74) is 0.220. The van der Waals surface area contributed by atoms with E-state index in [0.29, 0.717) is 9.92 Å². The quantitative estimate of drug-likeness (QED) is 0.912. The lowest BCUT2D eigenvalue weighted by Gasteiger charge is -2.08. The number of aromatic nitrogens is 3. The van der Waals surface area contributed by atoms with Crippen molar-refractivity contribution >= 4 is 23.6 Å². The van der Waals surface area contributed by atoms with Gasteiger partial charge in [0.05, 0.1) is 0 Å². The summed E-state index contributed by atoms with van der Waals surface area (Å²) in [5.74, 6) is -1.31. The van der Waals surface area contributed by atoms with Crippen LogP contribution in [0.25, 0.3) is 0 Å². The van der Waals surface area contributed by atoms with Gasteiger partial charge >= 0.3 is 5.97 Å². The minimum absolute atomic E-state index is 0.0348. The minimum Gasteiger partial charge on any atom is -0.477 e. The Hall–Kier alpha value is -2.48. The zero-order valence-electron chi connectivity index (χ0n) is 11.3. The van der Waals surface area contributed by atoms with Crippen LogP contribution in [-0.4, -0.2) is 51.2 Å². The smallest absolute Gasteiger partial charge is 0.354 e. The lowest BCUT2D eigenvalue weighted by Crippen LogP contribution is -2.23. The molecule has 21 heavy (non-hydrogen) atoms. The number of carboxylic acid groups (broad SMARTS) is 1. The Morgan fingerprint density at radius 3 is 2.48 bits per heavy atom. The number of carboxylic acids is 1. The van der Waals surface area contributed by atoms with Gasteiger partial charge in [0.15, 0.2) is 5.69 Å². The Kier molecular flexibility index (Phi) is 4.49. The van der Waals surface area contributed by atoms with Gasteiger partial charge in [-0.05, 0) is 24.3 Å². The molecule has 7 nitrogen and oxygen atoms in total. The Labute approximate surface area is 125 Å². The number of carbonyl (C=O) groups excluding carboxylic acids is 1. The molecule has 0 atom stereocenters. The van der Waals surface area contributed by atoms with Crippen LogP contribution in [0.4, 0.5) is 0 Å². The molecule has 1 N–H and O–H groups in total. The maximum Gasteiger partial charge on any atom is 0.354 e. The SMILES string of the molecule is CN(C)C(=O)c1ccc(Sc2ccnc(C(=O)O)c2)nn1. The predicted molar refractivity (Wildman–Crippen MR) is 75.4 cm³/mol. The van der Waals surface area contributed by atoms with Crippen molar-refractivity contribution in [2.24, 2.45) is 0 Å². The average molecular weight is 304 g/mol. The van der Waals surface area contributed by atoms with Crippen LogP contribution in [0.1, 0.15) is 21.0 Å². The first-order chi connectivity index (χ1) is 9.97. The van der Waals surface area contributed by atoms with Crippen molar-refractivity contribution in [1.29, 1.82) is 0 Å². The fraction of sp³-hybridized carbons (Fsp3) is 0.154. The second kappa shape index (κ2) is 6.31. The molecule has 0 saturated carbocycles. The molecule has 2 heterocycles. The predicted octanol–water partition coefficient (Wildman–Crippen LogP) is 1.42. The van der Waals surface area contributed by atoms with Crippen molar-refractivity contribution in [1.82, 2.24) is 20.1 Å². The molecule has 0 bridgehead atoms. The largest absolute Gasteiger partial charge is 0.477 e. The highest BCUT2D eigenvalue weighted by atomic mass is 32.2. The number of aromatic carboxylic acids is 1. The molecule has 0 spiro atoms. The van der Waals surface area contributed by atoms with E-state index in [1.165, 1.54) is 28.9 Å². The van der Waals surface area contributed by atoms with Crippen molar-refractivity contribution in [3.8, 4) is 0 Å². The summed E-state index contributed by atoms with van der Waals surface area (Å²) >= 11 is 1.25. The fourth-order valence-corrected chi connectivity index (χ4v) is 2.19. The topological polar surface area (TPSA) is 96.3 Å². The lowest BCUT2D eigenvalue weighted by atomic mass is 10.3. The number of nitrogens with zero attached hydrogens (tertiary/aromatic N) is 4. The van der Waals surface area contributed by atoms with E-state index in [1.807, 2.05) is 0 Å². The van der Waals surface area contributed by atoms with E-state index in [2.05, 4.69) is 15.2 Å². The molecular weight excluding hydrogens is 292 g/mol. The molecule has 2 aromatic heterocycles. The van der Waals surface area contributed by atoms with E-state index >= 15 is 0 Å². The van der Waals surface area contributed by atoms with Crippen LogP contribution < -0.4 is 0 Å². The maximum absolute atomic E-state index is 11.7. The Bertz CT molecular complexity index is 673. The number of amides is 1. The molecule has 8 heteroatoms. The summed E-state index contributed by atoms with van der Waals surface area (Å²) in [4.78, 5) is 28.4. The van der Waals surface area contributed by atoms with Crippen molar-refractivity contribution in [3.05, 3.63) is 41.9 Å². The molecule has 2 rings (SSSR count). The fourth-order valence-electron chi connectivity index (χ4n) is 1.43. The Morgan fingerprint density at radius 2 is 1.90 bits per heavy atom. The summed E-state index contributed by atoms with van der Waals surface area (Å²) in [5, 5.41) is 17.3.